The molecule has 1 aromatic heterocycles. The highest BCUT2D eigenvalue weighted by molar-refractivity contribution is 5.92. The van der Waals surface area contributed by atoms with E-state index in [0.29, 0.717) is 51.5 Å². The average Bonchev–Trinajstić information content (AvgIpc) is 3.20. The van der Waals surface area contributed by atoms with Crippen LogP contribution in [0.2, 0.25) is 0 Å². The van der Waals surface area contributed by atoms with Gasteiger partial charge in [0.1, 0.15) is 5.82 Å². The number of amides is 2. The smallest absolute Gasteiger partial charge is 0.293 e. The predicted octanol–water partition coefficient (Wildman–Crippen LogP) is 3.20. The molecule has 0 unspecified atom stereocenters. The highest BCUT2D eigenvalue weighted by atomic mass is 19.1. The summed E-state index contributed by atoms with van der Waals surface area (Å²) in [7, 11) is 0. The Morgan fingerprint density at radius 1 is 1.21 bits per heavy atom. The van der Waals surface area contributed by atoms with E-state index in [4.69, 9.17) is 5.73 Å². The molecular formula is C25H33FN4O4. The first-order valence-corrected chi connectivity index (χ1v) is 11.9. The molecule has 0 bridgehead atoms. The molecule has 0 radical (unpaired) electrons. The number of carbonyl (C=O) groups is 3. The molecule has 2 heterocycles. The fourth-order valence-electron chi connectivity index (χ4n) is 4.62. The predicted molar refractivity (Wildman–Crippen MR) is 124 cm³/mol. The maximum Gasteiger partial charge on any atom is 0.293 e. The standard InChI is InChI=1S/C22H27FN4O2.C3H6O2/c23-17-8-6-16(7-9-17)13-27-19-14-26(11-10-18(19)21(25-27)22(24)29)20(28)12-15-4-2-1-3-5-15;1-2-5-3-4/h6-9,15H,1-5,10-14H2,(H2,24,29);3H,2H2,1H3. The van der Waals surface area contributed by atoms with Crippen LogP contribution in [0.5, 0.6) is 0 Å². The van der Waals surface area contributed by atoms with E-state index in [0.717, 1.165) is 29.7 Å². The lowest BCUT2D eigenvalue weighted by Gasteiger charge is -2.30. The van der Waals surface area contributed by atoms with Crippen molar-refractivity contribution in [2.45, 2.75) is 65.0 Å². The number of nitrogens with zero attached hydrogens (tertiary/aromatic N) is 3. The number of benzene rings is 1. The quantitative estimate of drug-likeness (QED) is 0.623. The lowest BCUT2D eigenvalue weighted by molar-refractivity contribution is -0.133. The second-order valence-electron chi connectivity index (χ2n) is 8.75. The summed E-state index contributed by atoms with van der Waals surface area (Å²) in [6.07, 6.45) is 7.16. The lowest BCUT2D eigenvalue weighted by Crippen LogP contribution is -2.38. The van der Waals surface area contributed by atoms with Gasteiger partial charge in [-0.25, -0.2) is 4.39 Å². The van der Waals surface area contributed by atoms with Gasteiger partial charge in [-0.1, -0.05) is 31.4 Å². The fourth-order valence-corrected chi connectivity index (χ4v) is 4.62. The summed E-state index contributed by atoms with van der Waals surface area (Å²) in [6, 6.07) is 6.20. The Labute approximate surface area is 199 Å². The summed E-state index contributed by atoms with van der Waals surface area (Å²) >= 11 is 0. The van der Waals surface area contributed by atoms with E-state index < -0.39 is 5.91 Å². The summed E-state index contributed by atoms with van der Waals surface area (Å²) in [6.45, 7) is 4.09. The van der Waals surface area contributed by atoms with Crippen LogP contribution in [-0.4, -0.2) is 46.1 Å². The number of carbonyl (C=O) groups excluding carboxylic acids is 3. The van der Waals surface area contributed by atoms with Crippen molar-refractivity contribution in [3.8, 4) is 0 Å². The summed E-state index contributed by atoms with van der Waals surface area (Å²) in [5.74, 6) is -0.185. The van der Waals surface area contributed by atoms with Crippen LogP contribution in [0.25, 0.3) is 0 Å². The zero-order chi connectivity index (χ0) is 24.5. The molecule has 1 saturated carbocycles. The van der Waals surface area contributed by atoms with Gasteiger partial charge in [-0.2, -0.15) is 5.10 Å². The Balaban J connectivity index is 0.000000588. The van der Waals surface area contributed by atoms with Gasteiger partial charge < -0.3 is 15.4 Å². The van der Waals surface area contributed by atoms with E-state index in [1.807, 2.05) is 4.90 Å². The minimum absolute atomic E-state index is 0.178. The number of primary amides is 1. The molecule has 184 valence electrons. The van der Waals surface area contributed by atoms with Gasteiger partial charge in [0.2, 0.25) is 5.91 Å². The van der Waals surface area contributed by atoms with Crippen LogP contribution in [0.15, 0.2) is 24.3 Å². The molecule has 34 heavy (non-hydrogen) atoms. The Kier molecular flexibility index (Phi) is 9.18. The third-order valence-corrected chi connectivity index (χ3v) is 6.39. The topological polar surface area (TPSA) is 108 Å². The van der Waals surface area contributed by atoms with Crippen molar-refractivity contribution < 1.29 is 23.5 Å². The van der Waals surface area contributed by atoms with Crippen LogP contribution in [-0.2, 0) is 33.8 Å². The normalized spacial score (nSPS) is 15.6. The molecule has 2 aliphatic rings. The van der Waals surface area contributed by atoms with E-state index in [9.17, 15) is 18.8 Å². The van der Waals surface area contributed by atoms with Crippen molar-refractivity contribution in [2.75, 3.05) is 13.2 Å². The molecule has 8 nitrogen and oxygen atoms in total. The van der Waals surface area contributed by atoms with E-state index in [2.05, 4.69) is 9.84 Å². The Morgan fingerprint density at radius 2 is 1.91 bits per heavy atom. The summed E-state index contributed by atoms with van der Waals surface area (Å²) in [5.41, 5.74) is 8.38. The Bertz CT molecular complexity index is 984. The minimum atomic E-state index is -0.555. The largest absolute Gasteiger partial charge is 0.468 e. The highest BCUT2D eigenvalue weighted by Gasteiger charge is 2.30. The molecule has 1 fully saturated rings. The van der Waals surface area contributed by atoms with Crippen molar-refractivity contribution in [2.24, 2.45) is 11.7 Å². The number of rotatable bonds is 7. The summed E-state index contributed by atoms with van der Waals surface area (Å²) in [5, 5.41) is 4.43. The van der Waals surface area contributed by atoms with Gasteiger partial charge in [-0.15, -0.1) is 0 Å². The van der Waals surface area contributed by atoms with Crippen molar-refractivity contribution in [3.63, 3.8) is 0 Å². The number of halogens is 1. The first-order chi connectivity index (χ1) is 16.4. The minimum Gasteiger partial charge on any atom is -0.468 e. The maximum absolute atomic E-state index is 13.2. The molecule has 2 N–H and O–H groups in total. The van der Waals surface area contributed by atoms with Gasteiger partial charge in [0.15, 0.2) is 5.69 Å². The molecule has 0 saturated heterocycles. The van der Waals surface area contributed by atoms with E-state index in [1.165, 1.54) is 31.4 Å². The lowest BCUT2D eigenvalue weighted by atomic mass is 9.86. The van der Waals surface area contributed by atoms with Gasteiger partial charge >= 0.3 is 0 Å². The van der Waals surface area contributed by atoms with Crippen molar-refractivity contribution in [1.29, 1.82) is 0 Å². The van der Waals surface area contributed by atoms with Crippen LogP contribution in [0.1, 0.15) is 72.8 Å². The van der Waals surface area contributed by atoms with E-state index in [-0.39, 0.29) is 17.4 Å². The monoisotopic (exact) mass is 472 g/mol. The Hall–Kier alpha value is -3.23. The number of hydrogen-bond acceptors (Lipinski definition) is 5. The molecular weight excluding hydrogens is 439 g/mol. The molecule has 1 aliphatic carbocycles. The number of ether oxygens (including phenoxy) is 1. The summed E-state index contributed by atoms with van der Waals surface area (Å²) < 4.78 is 19.1. The van der Waals surface area contributed by atoms with Gasteiger partial charge in [-0.3, -0.25) is 19.1 Å². The maximum atomic E-state index is 13.2. The third-order valence-electron chi connectivity index (χ3n) is 6.39. The average molecular weight is 473 g/mol. The molecule has 0 spiro atoms. The number of fused-ring (bicyclic) bond motifs is 1. The van der Waals surface area contributed by atoms with Crippen LogP contribution in [0.3, 0.4) is 0 Å². The number of hydrogen-bond donors (Lipinski definition) is 1. The number of aromatic nitrogens is 2. The first-order valence-electron chi connectivity index (χ1n) is 11.9. The van der Waals surface area contributed by atoms with Gasteiger partial charge in [0, 0.05) is 18.5 Å². The molecule has 1 aromatic carbocycles. The van der Waals surface area contributed by atoms with Crippen LogP contribution >= 0.6 is 0 Å². The third kappa shape index (κ3) is 6.65. The fraction of sp³-hybridized carbons (Fsp3) is 0.520. The van der Waals surface area contributed by atoms with Crippen molar-refractivity contribution in [3.05, 3.63) is 52.6 Å². The van der Waals surface area contributed by atoms with Gasteiger partial charge in [0.25, 0.3) is 12.4 Å². The zero-order valence-electron chi connectivity index (χ0n) is 19.7. The van der Waals surface area contributed by atoms with E-state index >= 15 is 0 Å². The highest BCUT2D eigenvalue weighted by Crippen LogP contribution is 2.29. The van der Waals surface area contributed by atoms with E-state index in [1.54, 1.807) is 23.7 Å². The molecule has 0 atom stereocenters. The molecule has 4 rings (SSSR count). The van der Waals surface area contributed by atoms with Crippen LogP contribution in [0.4, 0.5) is 4.39 Å². The zero-order valence-corrected chi connectivity index (χ0v) is 19.7. The molecule has 1 aliphatic heterocycles. The second-order valence-corrected chi connectivity index (χ2v) is 8.75. The first kappa shape index (κ1) is 25.4. The Morgan fingerprint density at radius 3 is 2.50 bits per heavy atom. The SMILES string of the molecule is CCOC=O.NC(=O)c1nn(Cc2ccc(F)cc2)c2c1CCN(C(=O)CC1CCCCC1)C2. The molecule has 2 aromatic rings. The van der Waals surface area contributed by atoms with Crippen LogP contribution < -0.4 is 5.73 Å². The number of nitrogens with two attached hydrogens (primary N) is 1. The van der Waals surface area contributed by atoms with Gasteiger partial charge in [-0.05, 0) is 49.8 Å². The van der Waals surface area contributed by atoms with Gasteiger partial charge in [0.05, 0.1) is 25.4 Å². The van der Waals surface area contributed by atoms with Crippen molar-refractivity contribution in [1.82, 2.24) is 14.7 Å². The summed E-state index contributed by atoms with van der Waals surface area (Å²) in [4.78, 5) is 35.8. The molecule has 2 amide bonds. The second kappa shape index (κ2) is 12.3. The van der Waals surface area contributed by atoms with Crippen LogP contribution in [0, 0.1) is 11.7 Å². The van der Waals surface area contributed by atoms with Crippen molar-refractivity contribution >= 4 is 18.3 Å². The molecule has 9 heteroatoms.